The van der Waals surface area contributed by atoms with Gasteiger partial charge in [0.25, 0.3) is 11.6 Å². The van der Waals surface area contributed by atoms with Gasteiger partial charge in [0, 0.05) is 11.3 Å². The van der Waals surface area contributed by atoms with E-state index in [1.54, 1.807) is 31.2 Å². The number of nitrogens with one attached hydrogen (secondary N) is 1. The molecule has 4 aromatic rings. The number of benzene rings is 2. The van der Waals surface area contributed by atoms with E-state index in [-0.39, 0.29) is 11.6 Å². The molecule has 2 aromatic carbocycles. The van der Waals surface area contributed by atoms with E-state index in [9.17, 15) is 9.18 Å². The molecule has 0 aliphatic heterocycles. The van der Waals surface area contributed by atoms with Crippen molar-refractivity contribution in [2.45, 2.75) is 20.8 Å². The lowest BCUT2D eigenvalue weighted by molar-refractivity contribution is 0.102. The molecule has 2 aromatic heterocycles. The van der Waals surface area contributed by atoms with E-state index < -0.39 is 5.82 Å². The second-order valence-corrected chi connectivity index (χ2v) is 6.76. The van der Waals surface area contributed by atoms with Crippen LogP contribution in [0.15, 0.2) is 53.1 Å². The fraction of sp³-hybridized carbons (Fsp3) is 0.136. The van der Waals surface area contributed by atoms with Gasteiger partial charge in [-0.15, -0.1) is 0 Å². The summed E-state index contributed by atoms with van der Waals surface area (Å²) in [5, 5.41) is 7.36. The largest absolute Gasteiger partial charge is 0.335 e. The van der Waals surface area contributed by atoms with Gasteiger partial charge in [0.05, 0.1) is 22.3 Å². The zero-order chi connectivity index (χ0) is 19.8. The second-order valence-electron chi connectivity index (χ2n) is 6.76. The average molecular weight is 375 g/mol. The summed E-state index contributed by atoms with van der Waals surface area (Å²) in [4.78, 5) is 17.4. The van der Waals surface area contributed by atoms with Crippen molar-refractivity contribution >= 4 is 22.7 Å². The molecule has 0 aliphatic rings. The first-order chi connectivity index (χ1) is 13.4. The highest BCUT2D eigenvalue weighted by molar-refractivity contribution is 6.13. The summed E-state index contributed by atoms with van der Waals surface area (Å²) in [7, 11) is 0. The number of amides is 1. The topological polar surface area (TPSA) is 68.0 Å². The van der Waals surface area contributed by atoms with Crippen LogP contribution in [0, 0.1) is 26.6 Å². The van der Waals surface area contributed by atoms with Gasteiger partial charge in [-0.3, -0.25) is 4.79 Å². The third-order valence-electron chi connectivity index (χ3n) is 4.64. The van der Waals surface area contributed by atoms with Crippen molar-refractivity contribution in [2.75, 3.05) is 5.32 Å². The van der Waals surface area contributed by atoms with Crippen LogP contribution in [-0.2, 0) is 0 Å². The predicted molar refractivity (Wildman–Crippen MR) is 106 cm³/mol. The molecule has 0 spiro atoms. The fourth-order valence-electron chi connectivity index (χ4n) is 3.22. The molecular formula is C22H18FN3O2. The zero-order valence-corrected chi connectivity index (χ0v) is 15.7. The molecule has 0 aliphatic carbocycles. The van der Waals surface area contributed by atoms with Crippen LogP contribution in [0.3, 0.4) is 0 Å². The maximum Gasteiger partial charge on any atom is 0.259 e. The number of pyridine rings is 1. The van der Waals surface area contributed by atoms with Gasteiger partial charge in [-0.2, -0.15) is 0 Å². The van der Waals surface area contributed by atoms with Crippen LogP contribution >= 0.6 is 0 Å². The Morgan fingerprint density at radius 1 is 1.07 bits per heavy atom. The molecule has 6 heteroatoms. The summed E-state index contributed by atoms with van der Waals surface area (Å²) < 4.78 is 19.5. The molecule has 140 valence electrons. The second kappa shape index (κ2) is 6.88. The molecule has 0 radical (unpaired) electrons. The van der Waals surface area contributed by atoms with Crippen LogP contribution < -0.4 is 5.32 Å². The Balaban J connectivity index is 1.84. The number of carbonyl (C=O) groups is 1. The molecule has 0 saturated carbocycles. The van der Waals surface area contributed by atoms with Crippen LogP contribution in [0.2, 0.25) is 0 Å². The van der Waals surface area contributed by atoms with Crippen LogP contribution in [-0.4, -0.2) is 16.0 Å². The molecule has 28 heavy (non-hydrogen) atoms. The van der Waals surface area contributed by atoms with Crippen LogP contribution in [0.1, 0.15) is 27.2 Å². The molecular weight excluding hydrogens is 357 g/mol. The zero-order valence-electron chi connectivity index (χ0n) is 15.7. The number of nitrogens with zero attached hydrogens (tertiary/aromatic N) is 2. The Kier molecular flexibility index (Phi) is 4.39. The highest BCUT2D eigenvalue weighted by atomic mass is 19.1. The fourth-order valence-corrected chi connectivity index (χ4v) is 3.22. The van der Waals surface area contributed by atoms with E-state index in [4.69, 9.17) is 4.52 Å². The highest BCUT2D eigenvalue weighted by Gasteiger charge is 2.20. The van der Waals surface area contributed by atoms with Gasteiger partial charge in [-0.05, 0) is 50.6 Å². The van der Waals surface area contributed by atoms with E-state index in [1.807, 2.05) is 32.0 Å². The number of carbonyl (C=O) groups excluding carboxylic acids is 1. The summed E-state index contributed by atoms with van der Waals surface area (Å²) in [6, 6.07) is 13.6. The summed E-state index contributed by atoms with van der Waals surface area (Å²) in [6.07, 6.45) is 0. The Labute approximate surface area is 161 Å². The third kappa shape index (κ3) is 3.13. The SMILES string of the molecule is Cc1ccc(NC(=O)c2cc(-c3ccccc3F)nc3onc(C)c23)c(C)c1. The third-order valence-corrected chi connectivity index (χ3v) is 4.64. The molecule has 1 N–H and O–H groups in total. The van der Waals surface area contributed by atoms with Crippen molar-refractivity contribution in [1.29, 1.82) is 0 Å². The Morgan fingerprint density at radius 3 is 2.61 bits per heavy atom. The van der Waals surface area contributed by atoms with E-state index in [0.29, 0.717) is 33.6 Å². The Morgan fingerprint density at radius 2 is 1.86 bits per heavy atom. The van der Waals surface area contributed by atoms with Crippen molar-refractivity contribution in [1.82, 2.24) is 10.1 Å². The van der Waals surface area contributed by atoms with Crippen molar-refractivity contribution in [3.05, 3.63) is 76.7 Å². The molecule has 1 amide bonds. The molecule has 5 nitrogen and oxygen atoms in total. The lowest BCUT2D eigenvalue weighted by Gasteiger charge is -2.11. The highest BCUT2D eigenvalue weighted by Crippen LogP contribution is 2.29. The first kappa shape index (κ1) is 17.9. The predicted octanol–water partition coefficient (Wildman–Crippen LogP) is 5.21. The van der Waals surface area contributed by atoms with Gasteiger partial charge < -0.3 is 9.84 Å². The molecule has 0 unspecified atom stereocenters. The van der Waals surface area contributed by atoms with Gasteiger partial charge >= 0.3 is 0 Å². The van der Waals surface area contributed by atoms with Crippen LogP contribution in [0.4, 0.5) is 10.1 Å². The van der Waals surface area contributed by atoms with Gasteiger partial charge in [-0.25, -0.2) is 9.37 Å². The summed E-state index contributed by atoms with van der Waals surface area (Å²) in [6.45, 7) is 5.66. The summed E-state index contributed by atoms with van der Waals surface area (Å²) in [5.74, 6) is -0.755. The molecule has 4 rings (SSSR count). The molecule has 0 saturated heterocycles. The lowest BCUT2D eigenvalue weighted by Crippen LogP contribution is -2.14. The van der Waals surface area contributed by atoms with E-state index in [0.717, 1.165) is 11.1 Å². The van der Waals surface area contributed by atoms with Crippen molar-refractivity contribution < 1.29 is 13.7 Å². The minimum Gasteiger partial charge on any atom is -0.335 e. The quantitative estimate of drug-likeness (QED) is 0.534. The number of anilines is 1. The van der Waals surface area contributed by atoms with E-state index in [1.165, 1.54) is 6.07 Å². The number of halogens is 1. The Hall–Kier alpha value is -3.54. The molecule has 0 fully saturated rings. The minimum absolute atomic E-state index is 0.198. The number of rotatable bonds is 3. The van der Waals surface area contributed by atoms with E-state index in [2.05, 4.69) is 15.5 Å². The van der Waals surface area contributed by atoms with Crippen molar-refractivity contribution in [2.24, 2.45) is 0 Å². The molecule has 2 heterocycles. The molecule has 0 atom stereocenters. The smallest absolute Gasteiger partial charge is 0.259 e. The van der Waals surface area contributed by atoms with Crippen LogP contribution in [0.5, 0.6) is 0 Å². The monoisotopic (exact) mass is 375 g/mol. The number of fused-ring (bicyclic) bond motifs is 1. The number of aryl methyl sites for hydroxylation is 3. The van der Waals surface area contributed by atoms with Gasteiger partial charge in [0.15, 0.2) is 0 Å². The van der Waals surface area contributed by atoms with Crippen molar-refractivity contribution in [3.63, 3.8) is 0 Å². The summed E-state index contributed by atoms with van der Waals surface area (Å²) >= 11 is 0. The van der Waals surface area contributed by atoms with Crippen LogP contribution in [0.25, 0.3) is 22.4 Å². The molecule has 0 bridgehead atoms. The lowest BCUT2D eigenvalue weighted by atomic mass is 10.0. The average Bonchev–Trinajstić information content (AvgIpc) is 3.04. The maximum absolute atomic E-state index is 14.3. The van der Waals surface area contributed by atoms with Crippen molar-refractivity contribution in [3.8, 4) is 11.3 Å². The van der Waals surface area contributed by atoms with Gasteiger partial charge in [0.2, 0.25) is 0 Å². The minimum atomic E-state index is -0.425. The first-order valence-electron chi connectivity index (χ1n) is 8.84. The van der Waals surface area contributed by atoms with Gasteiger partial charge in [0.1, 0.15) is 5.82 Å². The number of aromatic nitrogens is 2. The number of hydrogen-bond acceptors (Lipinski definition) is 4. The standard InChI is InChI=1S/C22H18FN3O2/c1-12-8-9-18(13(2)10-12)24-21(27)16-11-19(15-6-4-5-7-17(15)23)25-22-20(16)14(3)26-28-22/h4-11H,1-3H3,(H,24,27). The van der Waals surface area contributed by atoms with E-state index >= 15 is 0 Å². The Bertz CT molecular complexity index is 1210. The first-order valence-corrected chi connectivity index (χ1v) is 8.84. The maximum atomic E-state index is 14.3. The van der Waals surface area contributed by atoms with Gasteiger partial charge in [-0.1, -0.05) is 35.0 Å². The number of hydrogen-bond donors (Lipinski definition) is 1. The normalized spacial score (nSPS) is 11.0. The summed E-state index contributed by atoms with van der Waals surface area (Å²) in [5.41, 5.74) is 4.46.